The van der Waals surface area contributed by atoms with Gasteiger partial charge >= 0.3 is 5.97 Å². The van der Waals surface area contributed by atoms with Gasteiger partial charge in [-0.1, -0.05) is 19.9 Å². The zero-order valence-electron chi connectivity index (χ0n) is 12.9. The first-order valence-electron chi connectivity index (χ1n) is 7.25. The van der Waals surface area contributed by atoms with Gasteiger partial charge in [-0.25, -0.2) is 0 Å². The fraction of sp³-hybridized carbons (Fsp3) is 0.562. The van der Waals surface area contributed by atoms with E-state index in [-0.39, 0.29) is 35.7 Å². The first-order valence-corrected chi connectivity index (χ1v) is 7.25. The lowest BCUT2D eigenvalue weighted by Gasteiger charge is -2.23. The number of esters is 1. The van der Waals surface area contributed by atoms with Gasteiger partial charge in [-0.3, -0.25) is 14.6 Å². The van der Waals surface area contributed by atoms with Crippen LogP contribution < -0.4 is 5.32 Å². The Morgan fingerprint density at radius 3 is 2.67 bits per heavy atom. The quantitative estimate of drug-likeness (QED) is 0.842. The Morgan fingerprint density at radius 2 is 2.10 bits per heavy atom. The first kappa shape index (κ1) is 15.5. The number of carbonyl (C=O) groups excluding carboxylic acids is 2. The van der Waals surface area contributed by atoms with Crippen LogP contribution in [0.1, 0.15) is 37.6 Å². The molecule has 0 spiro atoms. The summed E-state index contributed by atoms with van der Waals surface area (Å²) in [6.07, 6.45) is 2.31. The second-order valence-electron chi connectivity index (χ2n) is 5.91. The van der Waals surface area contributed by atoms with Crippen LogP contribution in [0.15, 0.2) is 18.3 Å². The van der Waals surface area contributed by atoms with Crippen molar-refractivity contribution in [2.45, 2.75) is 33.2 Å². The number of aryl methyl sites for hydroxylation is 1. The van der Waals surface area contributed by atoms with E-state index < -0.39 is 0 Å². The maximum atomic E-state index is 12.3. The van der Waals surface area contributed by atoms with E-state index in [1.54, 1.807) is 6.20 Å². The molecule has 1 aromatic heterocycles. The molecular weight excluding hydrogens is 268 g/mol. The van der Waals surface area contributed by atoms with E-state index in [9.17, 15) is 9.59 Å². The van der Waals surface area contributed by atoms with Crippen molar-refractivity contribution in [3.05, 3.63) is 29.6 Å². The molecule has 0 unspecified atom stereocenters. The van der Waals surface area contributed by atoms with Gasteiger partial charge in [-0.05, 0) is 30.9 Å². The molecular formula is C16H22N2O3. The normalized spacial score (nSPS) is 21.8. The number of hydrogen-bond donors (Lipinski definition) is 1. The third-order valence-corrected chi connectivity index (χ3v) is 3.94. The molecule has 5 nitrogen and oxygen atoms in total. The highest BCUT2D eigenvalue weighted by Gasteiger charge is 2.49. The highest BCUT2D eigenvalue weighted by molar-refractivity contribution is 5.90. The number of nitrogens with zero attached hydrogens (tertiary/aromatic N) is 1. The van der Waals surface area contributed by atoms with Gasteiger partial charge in [0, 0.05) is 6.20 Å². The summed E-state index contributed by atoms with van der Waals surface area (Å²) < 4.78 is 4.68. The number of pyridine rings is 1. The number of nitrogens with one attached hydrogen (secondary N) is 1. The molecule has 2 rings (SSSR count). The predicted molar refractivity (Wildman–Crippen MR) is 78.3 cm³/mol. The van der Waals surface area contributed by atoms with Gasteiger partial charge in [0.2, 0.25) is 5.91 Å². The molecule has 1 amide bonds. The number of aromatic nitrogens is 1. The topological polar surface area (TPSA) is 68.3 Å². The molecule has 1 saturated carbocycles. The molecule has 114 valence electrons. The van der Waals surface area contributed by atoms with Crippen LogP contribution >= 0.6 is 0 Å². The lowest BCUT2D eigenvalue weighted by molar-refractivity contribution is -0.143. The number of carbonyl (C=O) groups is 2. The van der Waals surface area contributed by atoms with Crippen LogP contribution in [0.3, 0.4) is 0 Å². The van der Waals surface area contributed by atoms with Crippen LogP contribution in [-0.2, 0) is 14.3 Å². The average molecular weight is 290 g/mol. The number of rotatable bonds is 5. The van der Waals surface area contributed by atoms with Gasteiger partial charge in [0.15, 0.2) is 0 Å². The summed E-state index contributed by atoms with van der Waals surface area (Å²) in [6.45, 7) is 6.08. The smallest absolute Gasteiger partial charge is 0.309 e. The van der Waals surface area contributed by atoms with Gasteiger partial charge in [0.05, 0.1) is 30.7 Å². The van der Waals surface area contributed by atoms with Crippen molar-refractivity contribution in [2.24, 2.45) is 17.8 Å². The Balaban J connectivity index is 2.07. The second kappa shape index (κ2) is 6.24. The molecule has 0 bridgehead atoms. The minimum Gasteiger partial charge on any atom is -0.469 e. The van der Waals surface area contributed by atoms with Gasteiger partial charge in [0.25, 0.3) is 0 Å². The van der Waals surface area contributed by atoms with E-state index in [1.165, 1.54) is 7.11 Å². The third kappa shape index (κ3) is 3.40. The molecule has 1 fully saturated rings. The molecule has 0 saturated heterocycles. The minimum absolute atomic E-state index is 0.0887. The summed E-state index contributed by atoms with van der Waals surface area (Å²) in [5, 5.41) is 3.04. The molecule has 0 aromatic carbocycles. The van der Waals surface area contributed by atoms with Crippen molar-refractivity contribution in [1.82, 2.24) is 10.3 Å². The number of hydrogen-bond acceptors (Lipinski definition) is 4. The molecule has 1 heterocycles. The Labute approximate surface area is 125 Å². The molecule has 1 N–H and O–H groups in total. The van der Waals surface area contributed by atoms with Gasteiger partial charge in [-0.2, -0.15) is 0 Å². The molecule has 1 aromatic rings. The zero-order valence-corrected chi connectivity index (χ0v) is 12.9. The fourth-order valence-electron chi connectivity index (χ4n) is 2.53. The summed E-state index contributed by atoms with van der Waals surface area (Å²) in [5.74, 6) is -0.715. The largest absolute Gasteiger partial charge is 0.469 e. The lowest BCUT2D eigenvalue weighted by atomic mass is 9.97. The second-order valence-corrected chi connectivity index (χ2v) is 5.91. The molecule has 0 radical (unpaired) electrons. The summed E-state index contributed by atoms with van der Waals surface area (Å²) in [5.41, 5.74) is 1.94. The lowest BCUT2D eigenvalue weighted by Crippen LogP contribution is -2.34. The highest BCUT2D eigenvalue weighted by atomic mass is 16.5. The summed E-state index contributed by atoms with van der Waals surface area (Å²) in [7, 11) is 1.35. The number of methoxy groups -OCH3 is 1. The van der Waals surface area contributed by atoms with E-state index in [4.69, 9.17) is 0 Å². The van der Waals surface area contributed by atoms with Crippen molar-refractivity contribution in [3.63, 3.8) is 0 Å². The molecule has 21 heavy (non-hydrogen) atoms. The van der Waals surface area contributed by atoms with E-state index in [0.29, 0.717) is 6.42 Å². The minimum atomic E-state index is -0.301. The van der Waals surface area contributed by atoms with E-state index in [0.717, 1.165) is 11.3 Å². The van der Waals surface area contributed by atoms with E-state index >= 15 is 0 Å². The third-order valence-electron chi connectivity index (χ3n) is 3.94. The zero-order chi connectivity index (χ0) is 15.6. The first-order chi connectivity index (χ1) is 9.95. The van der Waals surface area contributed by atoms with Crippen LogP contribution in [0.5, 0.6) is 0 Å². The van der Waals surface area contributed by atoms with Crippen molar-refractivity contribution >= 4 is 11.9 Å². The van der Waals surface area contributed by atoms with Crippen molar-refractivity contribution in [2.75, 3.05) is 7.11 Å². The van der Waals surface area contributed by atoms with Gasteiger partial charge < -0.3 is 10.1 Å². The van der Waals surface area contributed by atoms with Crippen molar-refractivity contribution < 1.29 is 14.3 Å². The van der Waals surface area contributed by atoms with Crippen LogP contribution in [0.4, 0.5) is 0 Å². The van der Waals surface area contributed by atoms with Crippen LogP contribution in [0.2, 0.25) is 0 Å². The molecule has 5 heteroatoms. The van der Waals surface area contributed by atoms with Crippen molar-refractivity contribution in [1.29, 1.82) is 0 Å². The summed E-state index contributed by atoms with van der Waals surface area (Å²) >= 11 is 0. The molecule has 1 aliphatic rings. The average Bonchev–Trinajstić information content (AvgIpc) is 3.25. The van der Waals surface area contributed by atoms with Gasteiger partial charge in [-0.15, -0.1) is 0 Å². The van der Waals surface area contributed by atoms with Gasteiger partial charge in [0.1, 0.15) is 0 Å². The maximum absolute atomic E-state index is 12.3. The van der Waals surface area contributed by atoms with Crippen LogP contribution in [0, 0.1) is 24.7 Å². The molecule has 0 aliphatic heterocycles. The Kier molecular flexibility index (Phi) is 4.60. The summed E-state index contributed by atoms with van der Waals surface area (Å²) in [4.78, 5) is 28.1. The Hall–Kier alpha value is -1.91. The monoisotopic (exact) mass is 290 g/mol. The fourth-order valence-corrected chi connectivity index (χ4v) is 2.53. The highest BCUT2D eigenvalue weighted by Crippen LogP contribution is 2.40. The standard InChI is InChI=1S/C16H22N2O3/c1-9(2)13(14-10(3)6-5-7-17-14)18-15(19)11-8-12(11)16(20)21-4/h5-7,9,11-13H,8H2,1-4H3,(H,18,19)/t11-,12-,13-/m1/s1. The molecule has 3 atom stereocenters. The molecule has 1 aliphatic carbocycles. The number of ether oxygens (including phenoxy) is 1. The number of amides is 1. The van der Waals surface area contributed by atoms with Crippen molar-refractivity contribution in [3.8, 4) is 0 Å². The van der Waals surface area contributed by atoms with E-state index in [2.05, 4.69) is 15.0 Å². The Bertz CT molecular complexity index is 542. The van der Waals surface area contributed by atoms with E-state index in [1.807, 2.05) is 32.9 Å². The predicted octanol–water partition coefficient (Wildman–Crippen LogP) is 2.01. The van der Waals surface area contributed by atoms with Crippen LogP contribution in [-0.4, -0.2) is 24.0 Å². The maximum Gasteiger partial charge on any atom is 0.309 e. The van der Waals surface area contributed by atoms with Crippen LogP contribution in [0.25, 0.3) is 0 Å². The Morgan fingerprint density at radius 1 is 1.38 bits per heavy atom. The SMILES string of the molecule is COC(=O)[C@@H]1C[C@H]1C(=O)N[C@@H](c1ncccc1C)C(C)C. The summed E-state index contributed by atoms with van der Waals surface area (Å²) in [6, 6.07) is 3.72.